The Morgan fingerprint density at radius 3 is 2.49 bits per heavy atom. The van der Waals surface area contributed by atoms with Gasteiger partial charge in [0, 0.05) is 5.56 Å². The van der Waals surface area contributed by atoms with Gasteiger partial charge in [-0.2, -0.15) is 0 Å². The van der Waals surface area contributed by atoms with E-state index < -0.39 is 23.7 Å². The van der Waals surface area contributed by atoms with Crippen LogP contribution in [0.1, 0.15) is 71.2 Å². The molecule has 10 heteroatoms. The van der Waals surface area contributed by atoms with Crippen LogP contribution < -0.4 is 14.4 Å². The summed E-state index contributed by atoms with van der Waals surface area (Å²) in [6.45, 7) is 11.9. The Bertz CT molecular complexity index is 1540. The number of aliphatic hydroxyl groups excluding tert-OH is 1. The molecule has 43 heavy (non-hydrogen) atoms. The minimum atomic E-state index is -1.06. The number of aryl methyl sites for hydroxylation is 2. The van der Waals surface area contributed by atoms with Crippen LogP contribution >= 0.6 is 11.3 Å². The van der Waals surface area contributed by atoms with Gasteiger partial charge in [-0.1, -0.05) is 79.7 Å². The van der Waals surface area contributed by atoms with E-state index in [-0.39, 0.29) is 27.9 Å². The summed E-state index contributed by atoms with van der Waals surface area (Å²) in [5.74, 6) is -1.70. The molecule has 1 aliphatic heterocycles. The van der Waals surface area contributed by atoms with Gasteiger partial charge in [0.2, 0.25) is 0 Å². The van der Waals surface area contributed by atoms with Gasteiger partial charge in [-0.05, 0) is 44.9 Å². The number of thiazole rings is 1. The third-order valence-electron chi connectivity index (χ3n) is 6.87. The van der Waals surface area contributed by atoms with Crippen molar-refractivity contribution < 1.29 is 33.7 Å². The lowest BCUT2D eigenvalue weighted by Crippen LogP contribution is -2.29. The molecular weight excluding hydrogens is 568 g/mol. The normalized spacial score (nSPS) is 15.9. The molecule has 2 aromatic carbocycles. The molecule has 0 saturated carbocycles. The van der Waals surface area contributed by atoms with E-state index >= 15 is 0 Å². The molecule has 9 nitrogen and oxygen atoms in total. The van der Waals surface area contributed by atoms with Gasteiger partial charge >= 0.3 is 11.9 Å². The maximum atomic E-state index is 13.6. The summed E-state index contributed by atoms with van der Waals surface area (Å²) in [7, 11) is 0. The van der Waals surface area contributed by atoms with Crippen LogP contribution in [-0.4, -0.2) is 47.6 Å². The first-order chi connectivity index (χ1) is 20.7. The van der Waals surface area contributed by atoms with Crippen molar-refractivity contribution in [2.24, 2.45) is 0 Å². The summed E-state index contributed by atoms with van der Waals surface area (Å²) in [4.78, 5) is 45.8. The second-order valence-corrected chi connectivity index (χ2v) is 11.0. The number of hydrogen-bond donors (Lipinski definition) is 1. The Balaban J connectivity index is 1.86. The second kappa shape index (κ2) is 14.2. The highest BCUT2D eigenvalue weighted by Crippen LogP contribution is 2.45. The number of ether oxygens (including phenoxy) is 3. The van der Waals surface area contributed by atoms with E-state index in [9.17, 15) is 19.5 Å². The molecule has 226 valence electrons. The number of anilines is 1. The SMILES string of the molecule is C=CCOC(=O)c1sc(N2C(=O)C(=O)C(=C(O)c3ccc(C)cc3)C2c2ccc(OCCCCC)c(OCC)c2)nc1C. The lowest BCUT2D eigenvalue weighted by molar-refractivity contribution is -0.132. The highest BCUT2D eigenvalue weighted by Gasteiger charge is 2.48. The van der Waals surface area contributed by atoms with Gasteiger partial charge in [-0.15, -0.1) is 0 Å². The number of aliphatic hydroxyl groups is 1. The molecule has 1 aromatic heterocycles. The van der Waals surface area contributed by atoms with Crippen LogP contribution in [-0.2, 0) is 14.3 Å². The number of Topliss-reactive ketones (excluding diaryl/α,β-unsaturated/α-hetero) is 1. The van der Waals surface area contributed by atoms with E-state index in [0.29, 0.717) is 41.5 Å². The van der Waals surface area contributed by atoms with E-state index in [0.717, 1.165) is 36.2 Å². The Kier molecular flexibility index (Phi) is 10.4. The van der Waals surface area contributed by atoms with Gasteiger partial charge in [0.25, 0.3) is 5.78 Å². The molecule has 1 fully saturated rings. The van der Waals surface area contributed by atoms with Crippen molar-refractivity contribution in [1.82, 2.24) is 4.98 Å². The smallest absolute Gasteiger partial charge is 0.350 e. The first-order valence-electron chi connectivity index (χ1n) is 14.2. The molecule has 1 atom stereocenters. The minimum Gasteiger partial charge on any atom is -0.507 e. The highest BCUT2D eigenvalue weighted by atomic mass is 32.1. The number of rotatable bonds is 13. The predicted molar refractivity (Wildman–Crippen MR) is 166 cm³/mol. The third-order valence-corrected chi connectivity index (χ3v) is 8.00. The van der Waals surface area contributed by atoms with Crippen LogP contribution in [0, 0.1) is 13.8 Å². The summed E-state index contributed by atoms with van der Waals surface area (Å²) >= 11 is 0.937. The molecule has 1 amide bonds. The average Bonchev–Trinajstić information content (AvgIpc) is 3.51. The maximum Gasteiger partial charge on any atom is 0.350 e. The summed E-state index contributed by atoms with van der Waals surface area (Å²) < 4.78 is 17.1. The fourth-order valence-corrected chi connectivity index (χ4v) is 5.69. The molecule has 1 aliphatic rings. The van der Waals surface area contributed by atoms with Crippen LogP contribution in [0.3, 0.4) is 0 Å². The summed E-state index contributed by atoms with van der Waals surface area (Å²) in [5.41, 5.74) is 2.11. The van der Waals surface area contributed by atoms with E-state index in [1.165, 1.54) is 11.0 Å². The number of carbonyl (C=O) groups excluding carboxylic acids is 3. The van der Waals surface area contributed by atoms with Crippen molar-refractivity contribution in [2.45, 2.75) is 53.0 Å². The average molecular weight is 605 g/mol. The Hall–Kier alpha value is -4.44. The summed E-state index contributed by atoms with van der Waals surface area (Å²) in [5, 5.41) is 11.6. The van der Waals surface area contributed by atoms with Crippen molar-refractivity contribution >= 4 is 39.9 Å². The van der Waals surface area contributed by atoms with Crippen LogP contribution in [0.5, 0.6) is 11.5 Å². The molecule has 0 spiro atoms. The zero-order chi connectivity index (χ0) is 31.1. The number of aromatic nitrogens is 1. The van der Waals surface area contributed by atoms with Gasteiger partial charge in [-0.3, -0.25) is 14.5 Å². The number of esters is 1. The third kappa shape index (κ3) is 6.80. The molecule has 3 aromatic rings. The molecule has 0 bridgehead atoms. The van der Waals surface area contributed by atoms with Gasteiger partial charge in [0.15, 0.2) is 16.6 Å². The van der Waals surface area contributed by atoms with Gasteiger partial charge in [0.05, 0.1) is 30.5 Å². The van der Waals surface area contributed by atoms with E-state index in [4.69, 9.17) is 14.2 Å². The zero-order valence-electron chi connectivity index (χ0n) is 24.8. The Labute approximate surface area is 255 Å². The zero-order valence-corrected chi connectivity index (χ0v) is 25.7. The first-order valence-corrected chi connectivity index (χ1v) is 15.1. The minimum absolute atomic E-state index is 0.0135. The Morgan fingerprint density at radius 1 is 1.07 bits per heavy atom. The highest BCUT2D eigenvalue weighted by molar-refractivity contribution is 7.17. The molecule has 1 N–H and O–H groups in total. The van der Waals surface area contributed by atoms with Gasteiger partial charge in [0.1, 0.15) is 17.2 Å². The summed E-state index contributed by atoms with van der Waals surface area (Å²) in [6, 6.07) is 11.1. The van der Waals surface area contributed by atoms with Crippen molar-refractivity contribution in [1.29, 1.82) is 0 Å². The largest absolute Gasteiger partial charge is 0.507 e. The van der Waals surface area contributed by atoms with Crippen molar-refractivity contribution in [3.05, 3.63) is 88.0 Å². The monoisotopic (exact) mass is 604 g/mol. The quantitative estimate of drug-likeness (QED) is 0.0573. The molecule has 1 saturated heterocycles. The standard InChI is InChI=1S/C33H36N2O7S/c1-6-9-10-18-41-24-16-15-23(19-25(24)40-8-3)27-26(28(36)22-13-11-20(4)12-14-22)29(37)31(38)35(27)33-34-21(5)30(43-33)32(39)42-17-7-2/h7,11-16,19,27,36H,2,6,8-10,17-18H2,1,3-5H3. The molecule has 1 unspecified atom stereocenters. The number of nitrogens with zero attached hydrogens (tertiary/aromatic N) is 2. The van der Waals surface area contributed by atoms with E-state index in [1.807, 2.05) is 26.0 Å². The maximum absolute atomic E-state index is 13.6. The number of amides is 1. The van der Waals surface area contributed by atoms with Crippen molar-refractivity contribution in [3.8, 4) is 11.5 Å². The molecule has 2 heterocycles. The second-order valence-electron chi connectivity index (χ2n) is 10.0. The van der Waals surface area contributed by atoms with E-state index in [2.05, 4.69) is 18.5 Å². The lowest BCUT2D eigenvalue weighted by atomic mass is 9.95. The van der Waals surface area contributed by atoms with E-state index in [1.54, 1.807) is 37.3 Å². The lowest BCUT2D eigenvalue weighted by Gasteiger charge is -2.24. The number of benzene rings is 2. The Morgan fingerprint density at radius 2 is 1.81 bits per heavy atom. The van der Waals surface area contributed by atoms with Crippen LogP contribution in [0.25, 0.3) is 5.76 Å². The van der Waals surface area contributed by atoms with Crippen LogP contribution in [0.15, 0.2) is 60.7 Å². The number of unbranched alkanes of at least 4 members (excludes halogenated alkanes) is 2. The number of ketones is 1. The van der Waals surface area contributed by atoms with Crippen LogP contribution in [0.4, 0.5) is 5.13 Å². The number of carbonyl (C=O) groups is 3. The van der Waals surface area contributed by atoms with Gasteiger partial charge < -0.3 is 19.3 Å². The first kappa shape index (κ1) is 31.5. The molecule has 0 aliphatic carbocycles. The summed E-state index contributed by atoms with van der Waals surface area (Å²) in [6.07, 6.45) is 4.43. The molecule has 4 rings (SSSR count). The van der Waals surface area contributed by atoms with Crippen LogP contribution in [0.2, 0.25) is 0 Å². The molecular formula is C33H36N2O7S. The fourth-order valence-electron chi connectivity index (χ4n) is 4.70. The van der Waals surface area contributed by atoms with Gasteiger partial charge in [-0.25, -0.2) is 9.78 Å². The van der Waals surface area contributed by atoms with Crippen molar-refractivity contribution in [2.75, 3.05) is 24.7 Å². The van der Waals surface area contributed by atoms with Crippen molar-refractivity contribution in [3.63, 3.8) is 0 Å². The fraction of sp³-hybridized carbons (Fsp3) is 0.333. The predicted octanol–water partition coefficient (Wildman–Crippen LogP) is 6.70. The topological polar surface area (TPSA) is 115 Å². The molecule has 0 radical (unpaired) electrons. The number of hydrogen-bond acceptors (Lipinski definition) is 9.